The molecule has 1 fully saturated rings. The molecule has 0 unspecified atom stereocenters. The summed E-state index contributed by atoms with van der Waals surface area (Å²) >= 11 is 0. The fourth-order valence-electron chi connectivity index (χ4n) is 1.59. The number of benzene rings is 1. The van der Waals surface area contributed by atoms with Gasteiger partial charge in [-0.3, -0.25) is 4.79 Å². The SMILES string of the molecule is N#CCNC(=O)COc1ccc(CNC2CC2)cc1. The van der Waals surface area contributed by atoms with Gasteiger partial charge < -0.3 is 15.4 Å². The quantitative estimate of drug-likeness (QED) is 0.715. The molecule has 1 aliphatic carbocycles. The van der Waals surface area contributed by atoms with E-state index in [1.807, 2.05) is 30.3 Å². The van der Waals surface area contributed by atoms with Crippen LogP contribution in [0.2, 0.25) is 0 Å². The molecule has 1 saturated carbocycles. The maximum atomic E-state index is 11.2. The van der Waals surface area contributed by atoms with Crippen molar-refractivity contribution in [2.24, 2.45) is 0 Å². The van der Waals surface area contributed by atoms with Crippen LogP contribution in [0.25, 0.3) is 0 Å². The summed E-state index contributed by atoms with van der Waals surface area (Å²) in [7, 11) is 0. The predicted octanol–water partition coefficient (Wildman–Crippen LogP) is 0.957. The van der Waals surface area contributed by atoms with Gasteiger partial charge in [-0.15, -0.1) is 0 Å². The molecule has 2 rings (SSSR count). The number of nitrogens with one attached hydrogen (secondary N) is 2. The Labute approximate surface area is 112 Å². The second-order valence-corrected chi connectivity index (χ2v) is 4.52. The van der Waals surface area contributed by atoms with E-state index >= 15 is 0 Å². The second-order valence-electron chi connectivity index (χ2n) is 4.52. The van der Waals surface area contributed by atoms with E-state index in [1.165, 1.54) is 18.4 Å². The van der Waals surface area contributed by atoms with Crippen LogP contribution in [0, 0.1) is 11.3 Å². The topological polar surface area (TPSA) is 74.2 Å². The molecule has 1 aromatic rings. The summed E-state index contributed by atoms with van der Waals surface area (Å²) < 4.78 is 5.32. The Morgan fingerprint density at radius 1 is 1.37 bits per heavy atom. The standard InChI is InChI=1S/C14H17N3O2/c15-7-8-16-14(18)10-19-13-5-1-11(2-6-13)9-17-12-3-4-12/h1-2,5-6,12,17H,3-4,8-10H2,(H,16,18). The van der Waals surface area contributed by atoms with Gasteiger partial charge in [-0.25, -0.2) is 0 Å². The molecule has 1 aromatic carbocycles. The number of hydrogen-bond donors (Lipinski definition) is 2. The average molecular weight is 259 g/mol. The first-order chi connectivity index (χ1) is 9.28. The number of ether oxygens (including phenoxy) is 1. The van der Waals surface area contributed by atoms with Gasteiger partial charge in [0.15, 0.2) is 6.61 Å². The molecule has 5 nitrogen and oxygen atoms in total. The molecule has 2 N–H and O–H groups in total. The van der Waals surface area contributed by atoms with Gasteiger partial charge in [0, 0.05) is 12.6 Å². The van der Waals surface area contributed by atoms with Crippen molar-refractivity contribution in [2.75, 3.05) is 13.2 Å². The van der Waals surface area contributed by atoms with Gasteiger partial charge >= 0.3 is 0 Å². The minimum atomic E-state index is -0.291. The third-order valence-corrected chi connectivity index (χ3v) is 2.83. The summed E-state index contributed by atoms with van der Waals surface area (Å²) in [6.07, 6.45) is 2.55. The molecule has 0 heterocycles. The van der Waals surface area contributed by atoms with Crippen molar-refractivity contribution in [3.63, 3.8) is 0 Å². The van der Waals surface area contributed by atoms with E-state index in [4.69, 9.17) is 10.00 Å². The zero-order valence-electron chi connectivity index (χ0n) is 10.7. The number of carbonyl (C=O) groups excluding carboxylic acids is 1. The summed E-state index contributed by atoms with van der Waals surface area (Å²) in [5.74, 6) is 0.364. The highest BCUT2D eigenvalue weighted by molar-refractivity contribution is 5.77. The van der Waals surface area contributed by atoms with E-state index < -0.39 is 0 Å². The fraction of sp³-hybridized carbons (Fsp3) is 0.429. The Morgan fingerprint density at radius 2 is 2.11 bits per heavy atom. The Hall–Kier alpha value is -2.06. The third-order valence-electron chi connectivity index (χ3n) is 2.83. The monoisotopic (exact) mass is 259 g/mol. The number of carbonyl (C=O) groups is 1. The molecule has 0 atom stereocenters. The lowest BCUT2D eigenvalue weighted by atomic mass is 10.2. The summed E-state index contributed by atoms with van der Waals surface area (Å²) in [6.45, 7) is 0.808. The molecular weight excluding hydrogens is 242 g/mol. The Kier molecular flexibility index (Phi) is 4.76. The molecule has 0 radical (unpaired) electrons. The molecule has 5 heteroatoms. The molecule has 0 aromatic heterocycles. The van der Waals surface area contributed by atoms with E-state index in [0.717, 1.165) is 6.54 Å². The summed E-state index contributed by atoms with van der Waals surface area (Å²) in [6, 6.07) is 10.2. The van der Waals surface area contributed by atoms with Crippen molar-refractivity contribution in [3.8, 4) is 11.8 Å². The van der Waals surface area contributed by atoms with Crippen LogP contribution in [0.5, 0.6) is 5.75 Å². The van der Waals surface area contributed by atoms with Gasteiger partial charge in [0.1, 0.15) is 12.3 Å². The maximum Gasteiger partial charge on any atom is 0.258 e. The first kappa shape index (κ1) is 13.4. The molecule has 1 amide bonds. The van der Waals surface area contributed by atoms with Crippen molar-refractivity contribution in [1.82, 2.24) is 10.6 Å². The molecule has 1 aliphatic rings. The van der Waals surface area contributed by atoms with Crippen LogP contribution in [0.1, 0.15) is 18.4 Å². The summed E-state index contributed by atoms with van der Waals surface area (Å²) in [4.78, 5) is 11.2. The number of nitrogens with zero attached hydrogens (tertiary/aromatic N) is 1. The van der Waals surface area contributed by atoms with Gasteiger partial charge in [0.05, 0.1) is 6.07 Å². The minimum Gasteiger partial charge on any atom is -0.484 e. The highest BCUT2D eigenvalue weighted by Crippen LogP contribution is 2.19. The first-order valence-electron chi connectivity index (χ1n) is 6.36. The van der Waals surface area contributed by atoms with Crippen molar-refractivity contribution in [1.29, 1.82) is 5.26 Å². The Bertz CT molecular complexity index is 461. The zero-order valence-corrected chi connectivity index (χ0v) is 10.7. The molecule has 19 heavy (non-hydrogen) atoms. The van der Waals surface area contributed by atoms with Crippen LogP contribution >= 0.6 is 0 Å². The van der Waals surface area contributed by atoms with Crippen LogP contribution in [-0.4, -0.2) is 25.1 Å². The van der Waals surface area contributed by atoms with E-state index in [1.54, 1.807) is 0 Å². The van der Waals surface area contributed by atoms with E-state index in [-0.39, 0.29) is 19.1 Å². The van der Waals surface area contributed by atoms with Crippen LogP contribution in [0.15, 0.2) is 24.3 Å². The van der Waals surface area contributed by atoms with Crippen molar-refractivity contribution >= 4 is 5.91 Å². The molecule has 0 aliphatic heterocycles. The molecular formula is C14H17N3O2. The van der Waals surface area contributed by atoms with Crippen molar-refractivity contribution in [2.45, 2.75) is 25.4 Å². The maximum absolute atomic E-state index is 11.2. The Balaban J connectivity index is 1.71. The second kappa shape index (κ2) is 6.76. The van der Waals surface area contributed by atoms with Crippen molar-refractivity contribution < 1.29 is 9.53 Å². The largest absolute Gasteiger partial charge is 0.484 e. The molecule has 100 valence electrons. The summed E-state index contributed by atoms with van der Waals surface area (Å²) in [5, 5.41) is 14.2. The normalized spacial score (nSPS) is 13.6. The van der Waals surface area contributed by atoms with Gasteiger partial charge in [0.2, 0.25) is 0 Å². The van der Waals surface area contributed by atoms with Gasteiger partial charge in [-0.2, -0.15) is 5.26 Å². The predicted molar refractivity (Wildman–Crippen MR) is 70.4 cm³/mol. The van der Waals surface area contributed by atoms with Gasteiger partial charge in [-0.05, 0) is 30.5 Å². The number of hydrogen-bond acceptors (Lipinski definition) is 4. The van der Waals surface area contributed by atoms with E-state index in [9.17, 15) is 4.79 Å². The Morgan fingerprint density at radius 3 is 2.74 bits per heavy atom. The lowest BCUT2D eigenvalue weighted by molar-refractivity contribution is -0.122. The summed E-state index contributed by atoms with van der Waals surface area (Å²) in [5.41, 5.74) is 1.20. The average Bonchev–Trinajstić information content (AvgIpc) is 3.26. The highest BCUT2D eigenvalue weighted by atomic mass is 16.5. The van der Waals surface area contributed by atoms with Gasteiger partial charge in [0.25, 0.3) is 5.91 Å². The smallest absolute Gasteiger partial charge is 0.258 e. The molecule has 0 saturated heterocycles. The van der Waals surface area contributed by atoms with Crippen LogP contribution in [-0.2, 0) is 11.3 Å². The van der Waals surface area contributed by atoms with Crippen LogP contribution in [0.3, 0.4) is 0 Å². The zero-order chi connectivity index (χ0) is 13.5. The molecule has 0 spiro atoms. The number of nitriles is 1. The van der Waals surface area contributed by atoms with Crippen molar-refractivity contribution in [3.05, 3.63) is 29.8 Å². The highest BCUT2D eigenvalue weighted by Gasteiger charge is 2.19. The lowest BCUT2D eigenvalue weighted by Gasteiger charge is -2.07. The van der Waals surface area contributed by atoms with E-state index in [0.29, 0.717) is 11.8 Å². The number of amides is 1. The number of rotatable bonds is 7. The molecule has 0 bridgehead atoms. The fourth-order valence-corrected chi connectivity index (χ4v) is 1.59. The lowest BCUT2D eigenvalue weighted by Crippen LogP contribution is -2.29. The van der Waals surface area contributed by atoms with E-state index in [2.05, 4.69) is 10.6 Å². The van der Waals surface area contributed by atoms with Crippen LogP contribution < -0.4 is 15.4 Å². The first-order valence-corrected chi connectivity index (χ1v) is 6.36. The van der Waals surface area contributed by atoms with Crippen LogP contribution in [0.4, 0.5) is 0 Å². The third kappa shape index (κ3) is 4.98. The minimum absolute atomic E-state index is 0.00790. The van der Waals surface area contributed by atoms with Gasteiger partial charge in [-0.1, -0.05) is 12.1 Å².